The highest BCUT2D eigenvalue weighted by molar-refractivity contribution is 6.34. The van der Waals surface area contributed by atoms with Crippen molar-refractivity contribution in [3.05, 3.63) is 58.6 Å². The van der Waals surface area contributed by atoms with Gasteiger partial charge in [0.25, 0.3) is 5.91 Å². The van der Waals surface area contributed by atoms with Crippen LogP contribution in [0.15, 0.2) is 42.5 Å². The van der Waals surface area contributed by atoms with E-state index in [0.717, 1.165) is 30.6 Å². The van der Waals surface area contributed by atoms with Gasteiger partial charge in [-0.15, -0.1) is 0 Å². The number of hydrogen-bond donors (Lipinski definition) is 1. The summed E-state index contributed by atoms with van der Waals surface area (Å²) >= 11 is 6.08. The standard InChI is InChI=1S/C20H21ClN2O2/c1-2-3-12-23-18-10-9-15(13-14(18)8-11-19(23)24)22-20(25)16-6-4-5-7-17(16)21/h4-7,9-10,13H,2-3,8,11-12H2,1H3,(H,22,25). The third-order valence-electron chi connectivity index (χ3n) is 4.39. The van der Waals surface area contributed by atoms with Crippen LogP contribution >= 0.6 is 11.6 Å². The molecule has 0 radical (unpaired) electrons. The number of halogens is 1. The van der Waals surface area contributed by atoms with Crippen LogP contribution in [0.25, 0.3) is 0 Å². The van der Waals surface area contributed by atoms with E-state index in [1.54, 1.807) is 24.3 Å². The van der Waals surface area contributed by atoms with Crippen LogP contribution in [0, 0.1) is 0 Å². The van der Waals surface area contributed by atoms with Gasteiger partial charge < -0.3 is 10.2 Å². The first kappa shape index (κ1) is 17.5. The number of rotatable bonds is 5. The number of benzene rings is 2. The molecule has 4 nitrogen and oxygen atoms in total. The zero-order chi connectivity index (χ0) is 17.8. The van der Waals surface area contributed by atoms with Crippen LogP contribution < -0.4 is 10.2 Å². The van der Waals surface area contributed by atoms with Gasteiger partial charge in [0.1, 0.15) is 0 Å². The molecule has 25 heavy (non-hydrogen) atoms. The minimum absolute atomic E-state index is 0.175. The van der Waals surface area contributed by atoms with Crippen molar-refractivity contribution in [1.82, 2.24) is 0 Å². The van der Waals surface area contributed by atoms with Gasteiger partial charge in [-0.05, 0) is 48.7 Å². The molecule has 1 N–H and O–H groups in total. The van der Waals surface area contributed by atoms with Crippen molar-refractivity contribution in [2.75, 3.05) is 16.8 Å². The summed E-state index contributed by atoms with van der Waals surface area (Å²) in [5, 5.41) is 3.32. The highest BCUT2D eigenvalue weighted by atomic mass is 35.5. The predicted octanol–water partition coefficient (Wildman–Crippen LogP) is 4.67. The smallest absolute Gasteiger partial charge is 0.257 e. The number of aryl methyl sites for hydroxylation is 1. The van der Waals surface area contributed by atoms with Crippen molar-refractivity contribution in [3.8, 4) is 0 Å². The number of carbonyl (C=O) groups excluding carboxylic acids is 2. The van der Waals surface area contributed by atoms with Crippen molar-refractivity contribution >= 4 is 34.8 Å². The first-order valence-corrected chi connectivity index (χ1v) is 8.97. The minimum atomic E-state index is -0.236. The van der Waals surface area contributed by atoms with Crippen LogP contribution in [0.2, 0.25) is 5.02 Å². The van der Waals surface area contributed by atoms with Crippen LogP contribution in [-0.2, 0) is 11.2 Å². The van der Waals surface area contributed by atoms with Crippen molar-refractivity contribution < 1.29 is 9.59 Å². The molecule has 0 fully saturated rings. The maximum Gasteiger partial charge on any atom is 0.257 e. The van der Waals surface area contributed by atoms with E-state index in [-0.39, 0.29) is 11.8 Å². The molecule has 1 heterocycles. The predicted molar refractivity (Wildman–Crippen MR) is 101 cm³/mol. The molecule has 0 atom stereocenters. The van der Waals surface area contributed by atoms with Crippen molar-refractivity contribution in [2.24, 2.45) is 0 Å². The quantitative estimate of drug-likeness (QED) is 0.846. The Kier molecular flexibility index (Phi) is 5.39. The monoisotopic (exact) mass is 356 g/mol. The molecule has 0 aliphatic carbocycles. The molecular formula is C20H21ClN2O2. The lowest BCUT2D eigenvalue weighted by atomic mass is 10.00. The summed E-state index contributed by atoms with van der Waals surface area (Å²) in [6.07, 6.45) is 3.24. The second-order valence-corrected chi connectivity index (χ2v) is 6.58. The van der Waals surface area contributed by atoms with Gasteiger partial charge in [-0.2, -0.15) is 0 Å². The Morgan fingerprint density at radius 1 is 1.20 bits per heavy atom. The van der Waals surface area contributed by atoms with Crippen LogP contribution in [0.3, 0.4) is 0 Å². The first-order valence-electron chi connectivity index (χ1n) is 8.59. The van der Waals surface area contributed by atoms with Crippen LogP contribution in [-0.4, -0.2) is 18.4 Å². The van der Waals surface area contributed by atoms with E-state index in [9.17, 15) is 9.59 Å². The molecule has 0 aromatic heterocycles. The van der Waals surface area contributed by atoms with E-state index in [1.807, 2.05) is 23.1 Å². The van der Waals surface area contributed by atoms with Crippen molar-refractivity contribution in [1.29, 1.82) is 0 Å². The number of unbranched alkanes of at least 4 members (excludes halogenated alkanes) is 1. The normalized spacial score (nSPS) is 13.5. The van der Waals surface area contributed by atoms with Gasteiger partial charge in [0.05, 0.1) is 10.6 Å². The molecular weight excluding hydrogens is 336 g/mol. The Labute approximate surface area is 152 Å². The van der Waals surface area contributed by atoms with E-state index in [1.165, 1.54) is 0 Å². The third-order valence-corrected chi connectivity index (χ3v) is 4.72. The van der Waals surface area contributed by atoms with Crippen molar-refractivity contribution in [2.45, 2.75) is 32.6 Å². The fraction of sp³-hybridized carbons (Fsp3) is 0.300. The molecule has 0 bridgehead atoms. The molecule has 5 heteroatoms. The number of amides is 2. The van der Waals surface area contributed by atoms with Gasteiger partial charge in [0, 0.05) is 24.3 Å². The summed E-state index contributed by atoms with van der Waals surface area (Å²) in [7, 11) is 0. The summed E-state index contributed by atoms with van der Waals surface area (Å²) in [6, 6.07) is 12.7. The highest BCUT2D eigenvalue weighted by Gasteiger charge is 2.24. The van der Waals surface area contributed by atoms with Gasteiger partial charge in [-0.3, -0.25) is 9.59 Å². The summed E-state index contributed by atoms with van der Waals surface area (Å²) in [5.41, 5.74) is 3.21. The van der Waals surface area contributed by atoms with Gasteiger partial charge in [-0.1, -0.05) is 37.1 Å². The molecule has 3 rings (SSSR count). The lowest BCUT2D eigenvalue weighted by Crippen LogP contribution is -2.35. The van der Waals surface area contributed by atoms with Crippen LogP contribution in [0.1, 0.15) is 42.1 Å². The zero-order valence-electron chi connectivity index (χ0n) is 14.2. The molecule has 1 aliphatic heterocycles. The lowest BCUT2D eigenvalue weighted by Gasteiger charge is -2.29. The lowest BCUT2D eigenvalue weighted by molar-refractivity contribution is -0.118. The molecule has 2 aromatic rings. The summed E-state index contributed by atoms with van der Waals surface area (Å²) < 4.78 is 0. The van der Waals surface area contributed by atoms with Gasteiger partial charge in [-0.25, -0.2) is 0 Å². The van der Waals surface area contributed by atoms with Gasteiger partial charge in [0.15, 0.2) is 0 Å². The Morgan fingerprint density at radius 3 is 2.76 bits per heavy atom. The summed E-state index contributed by atoms with van der Waals surface area (Å²) in [4.78, 5) is 26.5. The molecule has 0 saturated heterocycles. The third kappa shape index (κ3) is 3.85. The minimum Gasteiger partial charge on any atom is -0.322 e. The molecule has 0 spiro atoms. The molecule has 0 unspecified atom stereocenters. The average Bonchev–Trinajstić information content (AvgIpc) is 2.61. The largest absolute Gasteiger partial charge is 0.322 e. The summed E-state index contributed by atoms with van der Waals surface area (Å²) in [6.45, 7) is 2.86. The SMILES string of the molecule is CCCCN1C(=O)CCc2cc(NC(=O)c3ccccc3Cl)ccc21. The van der Waals surface area contributed by atoms with E-state index in [0.29, 0.717) is 29.1 Å². The highest BCUT2D eigenvalue weighted by Crippen LogP contribution is 2.31. The maximum absolute atomic E-state index is 12.4. The molecule has 2 aromatic carbocycles. The van der Waals surface area contributed by atoms with Gasteiger partial charge in [0.2, 0.25) is 5.91 Å². The second kappa shape index (κ2) is 7.70. The number of hydrogen-bond acceptors (Lipinski definition) is 2. The number of fused-ring (bicyclic) bond motifs is 1. The Balaban J connectivity index is 1.80. The average molecular weight is 357 g/mol. The number of anilines is 2. The molecule has 1 aliphatic rings. The van der Waals surface area contributed by atoms with Gasteiger partial charge >= 0.3 is 0 Å². The fourth-order valence-corrected chi connectivity index (χ4v) is 3.26. The van der Waals surface area contributed by atoms with Crippen molar-refractivity contribution in [3.63, 3.8) is 0 Å². The van der Waals surface area contributed by atoms with E-state index < -0.39 is 0 Å². The Bertz CT molecular complexity index is 804. The van der Waals surface area contributed by atoms with E-state index in [2.05, 4.69) is 12.2 Å². The van der Waals surface area contributed by atoms with Crippen LogP contribution in [0.4, 0.5) is 11.4 Å². The fourth-order valence-electron chi connectivity index (χ4n) is 3.04. The van der Waals surface area contributed by atoms with Crippen LogP contribution in [0.5, 0.6) is 0 Å². The number of carbonyl (C=O) groups is 2. The Morgan fingerprint density at radius 2 is 2.00 bits per heavy atom. The molecule has 2 amide bonds. The zero-order valence-corrected chi connectivity index (χ0v) is 15.0. The second-order valence-electron chi connectivity index (χ2n) is 6.18. The van der Waals surface area contributed by atoms with E-state index in [4.69, 9.17) is 11.6 Å². The van der Waals surface area contributed by atoms with E-state index >= 15 is 0 Å². The topological polar surface area (TPSA) is 49.4 Å². The molecule has 0 saturated carbocycles. The Hall–Kier alpha value is -2.33. The number of nitrogens with zero attached hydrogens (tertiary/aromatic N) is 1. The molecule has 130 valence electrons. The summed E-state index contributed by atoms with van der Waals surface area (Å²) in [5.74, 6) is -0.0610. The number of nitrogens with one attached hydrogen (secondary N) is 1. The maximum atomic E-state index is 12.4. The first-order chi connectivity index (χ1) is 12.1.